The topological polar surface area (TPSA) is 57.2 Å². The lowest BCUT2D eigenvalue weighted by molar-refractivity contribution is -0.409. The van der Waals surface area contributed by atoms with Gasteiger partial charge in [0.2, 0.25) is 0 Å². The molecule has 1 unspecified atom stereocenters. The first-order chi connectivity index (χ1) is 14.0. The number of amides is 1. The summed E-state index contributed by atoms with van der Waals surface area (Å²) < 4.78 is 23.5. The summed E-state index contributed by atoms with van der Waals surface area (Å²) >= 11 is 0. The van der Waals surface area contributed by atoms with Gasteiger partial charge in [-0.2, -0.15) is 0 Å². The monoisotopic (exact) mass is 417 g/mol. The molecule has 6 heteroatoms. The summed E-state index contributed by atoms with van der Waals surface area (Å²) in [6.45, 7) is 11.8. The highest BCUT2D eigenvalue weighted by molar-refractivity contribution is 5.67. The molecular weight excluding hydrogens is 370 g/mol. The maximum absolute atomic E-state index is 12.6. The lowest BCUT2D eigenvalue weighted by Crippen LogP contribution is -2.53. The predicted molar refractivity (Wildman–Crippen MR) is 118 cm³/mol. The molecule has 0 spiro atoms. The van der Waals surface area contributed by atoms with Crippen molar-refractivity contribution in [1.82, 2.24) is 4.90 Å². The number of rotatable bonds is 19. The molecule has 0 rings (SSSR count). The van der Waals surface area contributed by atoms with E-state index in [0.29, 0.717) is 32.8 Å². The molecule has 1 amide bonds. The van der Waals surface area contributed by atoms with Gasteiger partial charge in [0.1, 0.15) is 0 Å². The van der Waals surface area contributed by atoms with Crippen LogP contribution in [0.1, 0.15) is 98.8 Å². The van der Waals surface area contributed by atoms with Gasteiger partial charge in [0.25, 0.3) is 0 Å². The van der Waals surface area contributed by atoms with Crippen molar-refractivity contribution in [3.05, 3.63) is 0 Å². The Morgan fingerprint density at radius 1 is 0.759 bits per heavy atom. The first-order valence-electron chi connectivity index (χ1n) is 11.8. The minimum absolute atomic E-state index is 0.361. The molecular formula is C23H47NO5. The van der Waals surface area contributed by atoms with Crippen LogP contribution in [0, 0.1) is 0 Å². The summed E-state index contributed by atoms with van der Waals surface area (Å²) in [7, 11) is 1.75. The quantitative estimate of drug-likeness (QED) is 0.187. The normalized spacial score (nSPS) is 12.8. The molecule has 0 saturated carbocycles. The molecule has 0 fully saturated rings. The zero-order valence-corrected chi connectivity index (χ0v) is 20.0. The maximum Gasteiger partial charge on any atom is 0.410 e. The lowest BCUT2D eigenvalue weighted by Gasteiger charge is -2.38. The Labute approximate surface area is 179 Å². The van der Waals surface area contributed by atoms with Crippen LogP contribution >= 0.6 is 0 Å². The van der Waals surface area contributed by atoms with Gasteiger partial charge in [-0.25, -0.2) is 4.79 Å². The second-order valence-electron chi connectivity index (χ2n) is 7.46. The molecule has 0 aliphatic carbocycles. The molecule has 1 atom stereocenters. The van der Waals surface area contributed by atoms with E-state index in [2.05, 4.69) is 6.92 Å². The first kappa shape index (κ1) is 28.1. The minimum atomic E-state index is -1.35. The molecule has 0 saturated heterocycles. The summed E-state index contributed by atoms with van der Waals surface area (Å²) in [5, 5.41) is 0. The fraction of sp³-hybridized carbons (Fsp3) is 0.957. The van der Waals surface area contributed by atoms with Crippen molar-refractivity contribution < 1.29 is 23.7 Å². The Bertz CT molecular complexity index is 374. The number of unbranched alkanes of at least 4 members (excludes halogenated alkanes) is 7. The second kappa shape index (κ2) is 18.0. The van der Waals surface area contributed by atoms with Gasteiger partial charge in [-0.3, -0.25) is 0 Å². The van der Waals surface area contributed by atoms with E-state index in [1.807, 2.05) is 27.7 Å². The third-order valence-corrected chi connectivity index (χ3v) is 4.86. The van der Waals surface area contributed by atoms with Gasteiger partial charge in [0.15, 0.2) is 6.10 Å². The standard InChI is InChI=1S/C23H47NO5/c1-7-12-13-14-15-16-17-18-19-21(29-22(25)24(6)20-8-2)23(26-9-3,27-10-4)28-11-5/h21H,7-20H2,1-6H3. The molecule has 0 aromatic carbocycles. The summed E-state index contributed by atoms with van der Waals surface area (Å²) in [5.41, 5.74) is 0. The molecule has 0 aliphatic rings. The van der Waals surface area contributed by atoms with Crippen molar-refractivity contribution in [2.75, 3.05) is 33.4 Å². The molecule has 0 aromatic rings. The van der Waals surface area contributed by atoms with Crippen LogP contribution in [-0.2, 0) is 18.9 Å². The van der Waals surface area contributed by atoms with Gasteiger partial charge in [0, 0.05) is 33.4 Å². The van der Waals surface area contributed by atoms with Crippen LogP contribution in [0.3, 0.4) is 0 Å². The largest absolute Gasteiger partial charge is 0.437 e. The number of carbonyl (C=O) groups excluding carboxylic acids is 1. The van der Waals surface area contributed by atoms with Crippen LogP contribution in [0.15, 0.2) is 0 Å². The molecule has 0 radical (unpaired) electrons. The number of ether oxygens (including phenoxy) is 4. The van der Waals surface area contributed by atoms with E-state index >= 15 is 0 Å². The average molecular weight is 418 g/mol. The molecule has 0 aromatic heterocycles. The van der Waals surface area contributed by atoms with Crippen LogP contribution in [-0.4, -0.2) is 56.5 Å². The van der Waals surface area contributed by atoms with E-state index in [1.54, 1.807) is 11.9 Å². The lowest BCUT2D eigenvalue weighted by atomic mass is 10.0. The van der Waals surface area contributed by atoms with Crippen molar-refractivity contribution in [1.29, 1.82) is 0 Å². The first-order valence-corrected chi connectivity index (χ1v) is 11.8. The Morgan fingerprint density at radius 3 is 1.69 bits per heavy atom. The molecule has 0 aliphatic heterocycles. The number of hydrogen-bond acceptors (Lipinski definition) is 5. The SMILES string of the molecule is CCCCCCCCCCC(OC(=O)N(C)CCC)C(OCC)(OCC)OCC. The summed E-state index contributed by atoms with van der Waals surface area (Å²) in [6, 6.07) is 0. The van der Waals surface area contributed by atoms with Gasteiger partial charge < -0.3 is 23.8 Å². The van der Waals surface area contributed by atoms with E-state index < -0.39 is 12.1 Å². The fourth-order valence-electron chi connectivity index (χ4n) is 3.42. The number of nitrogens with zero attached hydrogens (tertiary/aromatic N) is 1. The number of carbonyl (C=O) groups is 1. The molecule has 6 nitrogen and oxygen atoms in total. The Hall–Kier alpha value is -0.850. The fourth-order valence-corrected chi connectivity index (χ4v) is 3.42. The minimum Gasteiger partial charge on any atom is -0.437 e. The van der Waals surface area contributed by atoms with E-state index in [9.17, 15) is 4.79 Å². The molecule has 0 N–H and O–H groups in total. The second-order valence-corrected chi connectivity index (χ2v) is 7.46. The molecule has 0 heterocycles. The van der Waals surface area contributed by atoms with E-state index in [0.717, 1.165) is 19.3 Å². The van der Waals surface area contributed by atoms with E-state index in [-0.39, 0.29) is 6.09 Å². The van der Waals surface area contributed by atoms with Crippen LogP contribution in [0.4, 0.5) is 4.79 Å². The van der Waals surface area contributed by atoms with Gasteiger partial charge >= 0.3 is 12.1 Å². The smallest absolute Gasteiger partial charge is 0.410 e. The Kier molecular flexibility index (Phi) is 17.4. The Morgan fingerprint density at radius 2 is 1.24 bits per heavy atom. The zero-order valence-electron chi connectivity index (χ0n) is 20.0. The summed E-state index contributed by atoms with van der Waals surface area (Å²) in [4.78, 5) is 14.2. The molecule has 174 valence electrons. The van der Waals surface area contributed by atoms with Crippen molar-refractivity contribution >= 4 is 6.09 Å². The van der Waals surface area contributed by atoms with Crippen molar-refractivity contribution in [3.63, 3.8) is 0 Å². The van der Waals surface area contributed by atoms with E-state index in [1.165, 1.54) is 38.5 Å². The number of hydrogen-bond donors (Lipinski definition) is 0. The van der Waals surface area contributed by atoms with Crippen LogP contribution in [0.5, 0.6) is 0 Å². The van der Waals surface area contributed by atoms with Crippen LogP contribution < -0.4 is 0 Å². The summed E-state index contributed by atoms with van der Waals surface area (Å²) in [6.07, 6.45) is 10.3. The highest BCUT2D eigenvalue weighted by Gasteiger charge is 2.45. The van der Waals surface area contributed by atoms with E-state index in [4.69, 9.17) is 18.9 Å². The third kappa shape index (κ3) is 11.8. The Balaban J connectivity index is 4.99. The maximum atomic E-state index is 12.6. The average Bonchev–Trinajstić information content (AvgIpc) is 2.69. The van der Waals surface area contributed by atoms with Crippen molar-refractivity contribution in [2.24, 2.45) is 0 Å². The van der Waals surface area contributed by atoms with Crippen molar-refractivity contribution in [3.8, 4) is 0 Å². The van der Waals surface area contributed by atoms with Gasteiger partial charge in [-0.15, -0.1) is 0 Å². The summed E-state index contributed by atoms with van der Waals surface area (Å²) in [5.74, 6) is -1.35. The van der Waals surface area contributed by atoms with Crippen molar-refractivity contribution in [2.45, 2.75) is 111 Å². The zero-order chi connectivity index (χ0) is 22.0. The molecule has 0 bridgehead atoms. The predicted octanol–water partition coefficient (Wildman–Crippen LogP) is 6.13. The van der Waals surface area contributed by atoms with Gasteiger partial charge in [-0.1, -0.05) is 58.8 Å². The van der Waals surface area contributed by atoms with Gasteiger partial charge in [-0.05, 0) is 40.0 Å². The van der Waals surface area contributed by atoms with Crippen LogP contribution in [0.2, 0.25) is 0 Å². The van der Waals surface area contributed by atoms with Gasteiger partial charge in [0.05, 0.1) is 0 Å². The molecule has 29 heavy (non-hydrogen) atoms. The van der Waals surface area contributed by atoms with Crippen LogP contribution in [0.25, 0.3) is 0 Å². The highest BCUT2D eigenvalue weighted by Crippen LogP contribution is 2.28. The third-order valence-electron chi connectivity index (χ3n) is 4.86. The highest BCUT2D eigenvalue weighted by atomic mass is 16.9.